The number of rotatable bonds is 2. The minimum absolute atomic E-state index is 0.0987. The summed E-state index contributed by atoms with van der Waals surface area (Å²) in [6.45, 7) is 1.65. The maximum atomic E-state index is 11.3. The van der Waals surface area contributed by atoms with Crippen LogP contribution >= 0.6 is 0 Å². The van der Waals surface area contributed by atoms with Crippen molar-refractivity contribution in [3.63, 3.8) is 0 Å². The van der Waals surface area contributed by atoms with Crippen molar-refractivity contribution in [2.45, 2.75) is 6.92 Å². The van der Waals surface area contributed by atoms with E-state index in [1.54, 1.807) is 13.0 Å². The van der Waals surface area contributed by atoms with E-state index in [1.807, 2.05) is 6.07 Å². The van der Waals surface area contributed by atoms with Crippen molar-refractivity contribution < 1.29 is 4.79 Å². The normalized spacial score (nSPS) is 9.50. The van der Waals surface area contributed by atoms with Crippen molar-refractivity contribution in [2.75, 3.05) is 12.3 Å². The number of nitriles is 1. The molecule has 0 spiro atoms. The fraction of sp³-hybridized carbons (Fsp3) is 0.200. The summed E-state index contributed by atoms with van der Waals surface area (Å²) in [4.78, 5) is 11.3. The number of nitrogen functional groups attached to an aromatic ring is 1. The van der Waals surface area contributed by atoms with Gasteiger partial charge in [0.05, 0.1) is 18.2 Å². The molecule has 0 aliphatic rings. The van der Waals surface area contributed by atoms with E-state index in [0.29, 0.717) is 16.8 Å². The largest absolute Gasteiger partial charge is 0.398 e. The van der Waals surface area contributed by atoms with E-state index < -0.39 is 0 Å². The minimum atomic E-state index is -0.247. The lowest BCUT2D eigenvalue weighted by atomic mass is 10.0. The Hall–Kier alpha value is -1.86. The number of carbonyl (C=O) groups is 1. The first-order valence-electron chi connectivity index (χ1n) is 4.13. The molecule has 0 saturated heterocycles. The van der Waals surface area contributed by atoms with Crippen molar-refractivity contribution in [1.29, 1.82) is 5.26 Å². The van der Waals surface area contributed by atoms with Gasteiger partial charge in [-0.25, -0.2) is 0 Å². The predicted molar refractivity (Wildman–Crippen MR) is 53.7 cm³/mol. The van der Waals surface area contributed by atoms with Crippen molar-refractivity contribution >= 4 is 11.5 Å². The van der Waals surface area contributed by atoms with Gasteiger partial charge in [0.1, 0.15) is 0 Å². The highest BCUT2D eigenvalue weighted by Gasteiger charge is 2.11. The summed E-state index contributed by atoms with van der Waals surface area (Å²) in [6, 6.07) is 5.08. The van der Waals surface area contributed by atoms with Crippen LogP contribution in [0, 0.1) is 18.3 Å². The molecule has 0 bridgehead atoms. The number of benzene rings is 1. The Balaban J connectivity index is 3.36. The molecule has 0 amide bonds. The number of nitrogens with two attached hydrogens (primary N) is 2. The molecule has 1 rings (SSSR count). The van der Waals surface area contributed by atoms with Gasteiger partial charge in [0, 0.05) is 11.3 Å². The molecule has 0 unspecified atom stereocenters. The van der Waals surface area contributed by atoms with Crippen LogP contribution in [0.25, 0.3) is 0 Å². The second-order valence-corrected chi connectivity index (χ2v) is 2.99. The van der Waals surface area contributed by atoms with Gasteiger partial charge in [-0.05, 0) is 24.6 Å². The predicted octanol–water partition coefficient (Wildman–Crippen LogP) is 0.590. The maximum Gasteiger partial charge on any atom is 0.178 e. The van der Waals surface area contributed by atoms with Gasteiger partial charge in [0.2, 0.25) is 0 Å². The van der Waals surface area contributed by atoms with Crippen LogP contribution in [0.5, 0.6) is 0 Å². The smallest absolute Gasteiger partial charge is 0.178 e. The van der Waals surface area contributed by atoms with E-state index in [1.165, 1.54) is 6.07 Å². The first-order chi connectivity index (χ1) is 6.60. The fourth-order valence-electron chi connectivity index (χ4n) is 1.20. The fourth-order valence-corrected chi connectivity index (χ4v) is 1.20. The average molecular weight is 189 g/mol. The molecule has 0 heterocycles. The number of carbonyl (C=O) groups excluding carboxylic acids is 1. The summed E-state index contributed by atoms with van der Waals surface area (Å²) < 4.78 is 0. The summed E-state index contributed by atoms with van der Waals surface area (Å²) in [6.07, 6.45) is 0. The number of Topliss-reactive ketones (excluding diaryl/α,β-unsaturated/α-hetero) is 1. The van der Waals surface area contributed by atoms with Crippen LogP contribution in [-0.2, 0) is 0 Å². The number of hydrogen-bond donors (Lipinski definition) is 2. The van der Waals surface area contributed by atoms with E-state index in [4.69, 9.17) is 16.7 Å². The highest BCUT2D eigenvalue weighted by Crippen LogP contribution is 2.19. The summed E-state index contributed by atoms with van der Waals surface area (Å²) in [5, 5.41) is 8.70. The molecular formula is C10H11N3O. The molecule has 72 valence electrons. The molecule has 14 heavy (non-hydrogen) atoms. The van der Waals surface area contributed by atoms with Gasteiger partial charge in [-0.3, -0.25) is 4.79 Å². The minimum Gasteiger partial charge on any atom is -0.398 e. The van der Waals surface area contributed by atoms with Crippen LogP contribution in [0.15, 0.2) is 12.1 Å². The lowest BCUT2D eigenvalue weighted by Gasteiger charge is -2.06. The summed E-state index contributed by atoms with van der Waals surface area (Å²) in [5.74, 6) is -0.247. The van der Waals surface area contributed by atoms with Gasteiger partial charge in [-0.1, -0.05) is 0 Å². The average Bonchev–Trinajstić information content (AvgIpc) is 2.20. The van der Waals surface area contributed by atoms with Crippen LogP contribution in [0.3, 0.4) is 0 Å². The zero-order valence-corrected chi connectivity index (χ0v) is 7.87. The molecule has 4 heteroatoms. The van der Waals surface area contributed by atoms with E-state index in [2.05, 4.69) is 0 Å². The standard InChI is InChI=1S/C10H11N3O/c1-6-2-7(4-11)3-8(10(6)13)9(14)5-12/h2-3H,5,12-13H2,1H3. The molecule has 4 N–H and O–H groups in total. The van der Waals surface area contributed by atoms with Crippen molar-refractivity contribution in [1.82, 2.24) is 0 Å². The van der Waals surface area contributed by atoms with Gasteiger partial charge < -0.3 is 11.5 Å². The Morgan fingerprint density at radius 3 is 2.71 bits per heavy atom. The molecule has 1 aromatic carbocycles. The number of ketones is 1. The SMILES string of the molecule is Cc1cc(C#N)cc(C(=O)CN)c1N. The first kappa shape index (κ1) is 10.2. The first-order valence-corrected chi connectivity index (χ1v) is 4.13. The molecule has 0 aromatic heterocycles. The van der Waals surface area contributed by atoms with Crippen LogP contribution in [0.4, 0.5) is 5.69 Å². The highest BCUT2D eigenvalue weighted by molar-refractivity contribution is 6.02. The lowest BCUT2D eigenvalue weighted by Crippen LogP contribution is -2.16. The summed E-state index contributed by atoms with van der Waals surface area (Å²) in [7, 11) is 0. The monoisotopic (exact) mass is 189 g/mol. The van der Waals surface area contributed by atoms with E-state index in [0.717, 1.165) is 5.56 Å². The lowest BCUT2D eigenvalue weighted by molar-refractivity contribution is 0.100. The van der Waals surface area contributed by atoms with Gasteiger partial charge in [0.15, 0.2) is 5.78 Å². The van der Waals surface area contributed by atoms with E-state index in [-0.39, 0.29) is 12.3 Å². The Morgan fingerprint density at radius 2 is 2.21 bits per heavy atom. The van der Waals surface area contributed by atoms with Crippen LogP contribution < -0.4 is 11.5 Å². The molecule has 0 aliphatic heterocycles. The molecule has 0 atom stereocenters. The van der Waals surface area contributed by atoms with Gasteiger partial charge in [-0.2, -0.15) is 5.26 Å². The third-order valence-electron chi connectivity index (χ3n) is 2.00. The van der Waals surface area contributed by atoms with Gasteiger partial charge >= 0.3 is 0 Å². The van der Waals surface area contributed by atoms with Crippen LogP contribution in [0.1, 0.15) is 21.5 Å². The Labute approximate surface area is 82.1 Å². The molecule has 0 aliphatic carbocycles. The Bertz CT molecular complexity index is 418. The van der Waals surface area contributed by atoms with Crippen molar-refractivity contribution in [3.05, 3.63) is 28.8 Å². The van der Waals surface area contributed by atoms with Gasteiger partial charge in [0.25, 0.3) is 0 Å². The van der Waals surface area contributed by atoms with E-state index in [9.17, 15) is 4.79 Å². The number of aryl methyl sites for hydroxylation is 1. The third-order valence-corrected chi connectivity index (χ3v) is 2.00. The second kappa shape index (κ2) is 3.90. The zero-order chi connectivity index (χ0) is 10.7. The van der Waals surface area contributed by atoms with E-state index >= 15 is 0 Å². The zero-order valence-electron chi connectivity index (χ0n) is 7.87. The third kappa shape index (κ3) is 1.73. The molecule has 0 saturated carbocycles. The molecule has 0 fully saturated rings. The quantitative estimate of drug-likeness (QED) is 0.526. The van der Waals surface area contributed by atoms with Crippen molar-refractivity contribution in [3.8, 4) is 6.07 Å². The second-order valence-electron chi connectivity index (χ2n) is 2.99. The molecular weight excluding hydrogens is 178 g/mol. The Morgan fingerprint density at radius 1 is 1.57 bits per heavy atom. The number of nitrogens with zero attached hydrogens (tertiary/aromatic N) is 1. The number of anilines is 1. The number of hydrogen-bond acceptors (Lipinski definition) is 4. The van der Waals surface area contributed by atoms with Crippen LogP contribution in [-0.4, -0.2) is 12.3 Å². The summed E-state index contributed by atoms with van der Waals surface area (Å²) in [5.41, 5.74) is 12.8. The highest BCUT2D eigenvalue weighted by atomic mass is 16.1. The van der Waals surface area contributed by atoms with Crippen LogP contribution in [0.2, 0.25) is 0 Å². The topological polar surface area (TPSA) is 92.9 Å². The summed E-state index contributed by atoms with van der Waals surface area (Å²) >= 11 is 0. The molecule has 4 nitrogen and oxygen atoms in total. The molecule has 0 radical (unpaired) electrons. The van der Waals surface area contributed by atoms with Gasteiger partial charge in [-0.15, -0.1) is 0 Å². The maximum absolute atomic E-state index is 11.3. The Kier molecular flexibility index (Phi) is 2.85. The van der Waals surface area contributed by atoms with Crippen molar-refractivity contribution in [2.24, 2.45) is 5.73 Å². The molecule has 1 aromatic rings.